The minimum atomic E-state index is -0.989. The molecule has 2 aromatic heterocycles. The maximum absolute atomic E-state index is 11.3. The molecule has 266 valence electrons. The van der Waals surface area contributed by atoms with E-state index in [1.165, 1.54) is 12.1 Å². The number of aliphatic carboxylic acids is 2. The van der Waals surface area contributed by atoms with Crippen molar-refractivity contribution in [3.63, 3.8) is 0 Å². The molecular formula is C30H37BrN6O9S3. The number of alkyl halides is 1. The molecule has 0 radical (unpaired) electrons. The maximum atomic E-state index is 11.3. The largest absolute Gasteiger partial charge is 0.481 e. The average Bonchev–Trinajstić information content (AvgIpc) is 3.04. The summed E-state index contributed by atoms with van der Waals surface area (Å²) in [6, 6.07) is 8.57. The van der Waals surface area contributed by atoms with Gasteiger partial charge < -0.3 is 30.7 Å². The van der Waals surface area contributed by atoms with E-state index in [9.17, 15) is 28.8 Å². The molecule has 0 saturated carbocycles. The van der Waals surface area contributed by atoms with Gasteiger partial charge in [0, 0.05) is 18.6 Å². The SMILES string of the molecule is CCOC(=O)CC(=O)CC.CCc1cc(=O)[nH]c(S)c1C#N.CCc1cc(=O)[nH]c(SCC(=O)O)c1C#N.N#CCC(N)=S.O=C(O)CBr. The highest BCUT2D eigenvalue weighted by Crippen LogP contribution is 2.21. The van der Waals surface area contributed by atoms with Gasteiger partial charge in [0.25, 0.3) is 0 Å². The monoisotopic (exact) mass is 800 g/mol. The lowest BCUT2D eigenvalue weighted by Crippen LogP contribution is -2.11. The van der Waals surface area contributed by atoms with Crippen LogP contribution in [-0.2, 0) is 36.8 Å². The first-order chi connectivity index (χ1) is 23.0. The molecule has 49 heavy (non-hydrogen) atoms. The highest BCUT2D eigenvalue weighted by atomic mass is 79.9. The highest BCUT2D eigenvalue weighted by Gasteiger charge is 2.11. The van der Waals surface area contributed by atoms with Crippen LogP contribution in [0.25, 0.3) is 0 Å². The van der Waals surface area contributed by atoms with Crippen LogP contribution in [0.2, 0.25) is 0 Å². The van der Waals surface area contributed by atoms with Gasteiger partial charge in [0.05, 0.1) is 51.0 Å². The number of ketones is 1. The summed E-state index contributed by atoms with van der Waals surface area (Å²) in [6.45, 7) is 7.51. The van der Waals surface area contributed by atoms with E-state index in [1.807, 2.05) is 26.0 Å². The molecule has 19 heteroatoms. The number of nitriles is 3. The number of nitrogens with two attached hydrogens (primary N) is 1. The molecule has 0 spiro atoms. The van der Waals surface area contributed by atoms with Crippen LogP contribution >= 0.6 is 52.5 Å². The number of ether oxygens (including phenoxy) is 1. The van der Waals surface area contributed by atoms with E-state index in [-0.39, 0.29) is 45.8 Å². The van der Waals surface area contributed by atoms with Crippen LogP contribution in [0.3, 0.4) is 0 Å². The smallest absolute Gasteiger partial charge is 0.314 e. The van der Waals surface area contributed by atoms with Gasteiger partial charge in [0.1, 0.15) is 29.7 Å². The molecule has 0 fully saturated rings. The number of aryl methyl sites for hydroxylation is 2. The molecule has 2 rings (SSSR count). The van der Waals surface area contributed by atoms with Crippen molar-refractivity contribution in [1.82, 2.24) is 9.97 Å². The number of aromatic nitrogens is 2. The third kappa shape index (κ3) is 25.2. The number of thiocarbonyl (C=S) groups is 1. The Morgan fingerprint density at radius 3 is 1.80 bits per heavy atom. The first-order valence-electron chi connectivity index (χ1n) is 14.0. The van der Waals surface area contributed by atoms with Gasteiger partial charge in [-0.05, 0) is 30.9 Å². The van der Waals surface area contributed by atoms with Crippen molar-refractivity contribution < 1.29 is 34.1 Å². The third-order valence-electron chi connectivity index (χ3n) is 4.93. The molecule has 0 amide bonds. The molecule has 0 atom stereocenters. The number of nitrogens with zero attached hydrogens (tertiary/aromatic N) is 3. The fraction of sp³-hybridized carbons (Fsp3) is 0.400. The van der Waals surface area contributed by atoms with E-state index < -0.39 is 17.9 Å². The number of thiol groups is 1. The molecular weight excluding hydrogens is 764 g/mol. The topological polar surface area (TPSA) is 281 Å². The van der Waals surface area contributed by atoms with Crippen LogP contribution in [0.5, 0.6) is 0 Å². The van der Waals surface area contributed by atoms with Gasteiger partial charge in [-0.1, -0.05) is 60.7 Å². The number of carboxylic acids is 2. The number of Topliss-reactive ketones (excluding diaryl/α,β-unsaturated/α-hetero) is 1. The Bertz CT molecular complexity index is 1660. The molecule has 0 bridgehead atoms. The molecule has 0 aromatic carbocycles. The van der Waals surface area contributed by atoms with Crippen LogP contribution in [0, 0.1) is 34.0 Å². The van der Waals surface area contributed by atoms with Gasteiger partial charge >= 0.3 is 17.9 Å². The summed E-state index contributed by atoms with van der Waals surface area (Å²) in [7, 11) is 0. The standard InChI is InChI=1S/C10H10N2O3S.C8H8N2OS.C7H12O3.C3H4N2S.C2H3BrO2/c1-2-6-3-8(13)12-10(7(6)4-11)16-5-9(14)15;1-2-5-3-7(11)10-8(12)6(5)4-9;1-3-6(8)5-7(9)10-4-2;4-2-1-3(5)6;3-1-2(4)5/h3H,2,5H2,1H3,(H,12,13)(H,14,15);3H,2H2,1H3,(H2,10,11,12);3-5H2,1-2H3;1H2,(H2,5,6);1H2,(H,4,5). The van der Waals surface area contributed by atoms with Crippen molar-refractivity contribution in [3.8, 4) is 18.2 Å². The summed E-state index contributed by atoms with van der Waals surface area (Å²) in [6.07, 6.45) is 1.74. The lowest BCUT2D eigenvalue weighted by Gasteiger charge is -2.05. The molecule has 0 unspecified atom stereocenters. The average molecular weight is 802 g/mol. The number of rotatable bonds is 11. The molecule has 2 aromatic rings. The van der Waals surface area contributed by atoms with E-state index in [4.69, 9.17) is 31.7 Å². The zero-order chi connectivity index (χ0) is 38.5. The van der Waals surface area contributed by atoms with Crippen LogP contribution in [0.1, 0.15) is 69.2 Å². The van der Waals surface area contributed by atoms with Gasteiger partial charge in [-0.25, -0.2) is 0 Å². The van der Waals surface area contributed by atoms with E-state index in [0.29, 0.717) is 52.6 Å². The van der Waals surface area contributed by atoms with Crippen LogP contribution in [-0.4, -0.2) is 66.6 Å². The highest BCUT2D eigenvalue weighted by molar-refractivity contribution is 9.09. The number of esters is 1. The molecule has 6 N–H and O–H groups in total. The number of hydrogen-bond acceptors (Lipinski definition) is 13. The quantitative estimate of drug-likeness (QED) is 0.0472. The van der Waals surface area contributed by atoms with Gasteiger partial charge in [-0.2, -0.15) is 15.8 Å². The number of thioether (sulfide) groups is 1. The molecule has 0 saturated heterocycles. The van der Waals surface area contributed by atoms with E-state index in [0.717, 1.165) is 17.3 Å². The Labute approximate surface area is 306 Å². The van der Waals surface area contributed by atoms with Crippen LogP contribution in [0.15, 0.2) is 31.8 Å². The Morgan fingerprint density at radius 1 is 0.959 bits per heavy atom. The van der Waals surface area contributed by atoms with Crippen molar-refractivity contribution >= 4 is 81.2 Å². The number of hydrogen-bond donors (Lipinski definition) is 6. The van der Waals surface area contributed by atoms with Crippen molar-refractivity contribution in [3.05, 3.63) is 55.1 Å². The Kier molecular flexibility index (Phi) is 29.6. The second-order valence-corrected chi connectivity index (χ2v) is 11.1. The number of nitrogens with one attached hydrogen (secondary N) is 2. The lowest BCUT2D eigenvalue weighted by atomic mass is 10.1. The van der Waals surface area contributed by atoms with Crippen molar-refractivity contribution in [2.45, 2.75) is 69.9 Å². The molecule has 15 nitrogen and oxygen atoms in total. The third-order valence-corrected chi connectivity index (χ3v) is 6.87. The Balaban J connectivity index is -0.000000574. The molecule has 0 aliphatic rings. The summed E-state index contributed by atoms with van der Waals surface area (Å²) < 4.78 is 4.55. The minimum absolute atomic E-state index is 0.0347. The second-order valence-electron chi connectivity index (χ2n) is 8.56. The molecule has 0 aliphatic heterocycles. The van der Waals surface area contributed by atoms with Gasteiger partial charge in [-0.15, -0.1) is 12.6 Å². The predicted octanol–water partition coefficient (Wildman–Crippen LogP) is 3.65. The number of H-pyrrole nitrogens is 2. The summed E-state index contributed by atoms with van der Waals surface area (Å²) in [5.41, 5.74) is 6.58. The van der Waals surface area contributed by atoms with Gasteiger partial charge in [0.2, 0.25) is 11.1 Å². The maximum Gasteiger partial charge on any atom is 0.314 e. The van der Waals surface area contributed by atoms with Crippen molar-refractivity contribution in [2.75, 3.05) is 17.7 Å². The molecule has 0 aliphatic carbocycles. The molecule has 2 heterocycles. The van der Waals surface area contributed by atoms with Crippen LogP contribution < -0.4 is 16.9 Å². The summed E-state index contributed by atoms with van der Waals surface area (Å²) >= 11 is 12.0. The number of carbonyl (C=O) groups is 4. The van der Waals surface area contributed by atoms with E-state index >= 15 is 0 Å². The van der Waals surface area contributed by atoms with Crippen molar-refractivity contribution in [2.24, 2.45) is 5.73 Å². The van der Waals surface area contributed by atoms with Gasteiger partial charge in [-0.3, -0.25) is 28.8 Å². The Hall–Kier alpha value is -4.48. The summed E-state index contributed by atoms with van der Waals surface area (Å²) in [5.74, 6) is -2.49. The Morgan fingerprint density at radius 2 is 1.45 bits per heavy atom. The minimum Gasteiger partial charge on any atom is -0.481 e. The van der Waals surface area contributed by atoms with Crippen molar-refractivity contribution in [1.29, 1.82) is 15.8 Å². The zero-order valence-electron chi connectivity index (χ0n) is 27.1. The lowest BCUT2D eigenvalue weighted by molar-refractivity contribution is -0.145. The predicted molar refractivity (Wildman–Crippen MR) is 193 cm³/mol. The van der Waals surface area contributed by atoms with E-state index in [1.54, 1.807) is 19.9 Å². The normalized spacial score (nSPS) is 8.88. The fourth-order valence-electron chi connectivity index (χ4n) is 2.81. The number of aromatic amines is 2. The number of halogens is 1. The second kappa shape index (κ2) is 29.6. The van der Waals surface area contributed by atoms with Gasteiger partial charge in [0.15, 0.2) is 0 Å². The summed E-state index contributed by atoms with van der Waals surface area (Å²) in [5, 5.41) is 42.4. The fourth-order valence-corrected chi connectivity index (χ4v) is 3.94. The first-order valence-corrected chi connectivity index (χ1v) is 16.9. The number of carbonyl (C=O) groups excluding carboxylic acids is 2. The number of carboxylic acid groups (broad SMARTS) is 2. The summed E-state index contributed by atoms with van der Waals surface area (Å²) in [4.78, 5) is 68.3. The van der Waals surface area contributed by atoms with Crippen LogP contribution in [0.4, 0.5) is 0 Å². The first kappa shape index (κ1) is 48.9. The van der Waals surface area contributed by atoms with E-state index in [2.05, 4.69) is 55.5 Å². The zero-order valence-corrected chi connectivity index (χ0v) is 31.2. The number of pyridine rings is 2.